The first-order chi connectivity index (χ1) is 13.1. The van der Waals surface area contributed by atoms with Crippen molar-refractivity contribution in [2.75, 3.05) is 25.5 Å². The largest absolute Gasteiger partial charge is 0.373 e. The molecule has 4 rings (SSSR count). The second-order valence-electron chi connectivity index (χ2n) is 7.12. The molecule has 0 spiro atoms. The minimum atomic E-state index is -0.290. The molecule has 1 atom stereocenters. The molecule has 1 saturated heterocycles. The van der Waals surface area contributed by atoms with E-state index < -0.39 is 0 Å². The molecule has 0 radical (unpaired) electrons. The number of benzene rings is 1. The van der Waals surface area contributed by atoms with Gasteiger partial charge in [0, 0.05) is 25.6 Å². The molecule has 1 aromatic carbocycles. The van der Waals surface area contributed by atoms with E-state index in [2.05, 4.69) is 10.6 Å². The van der Waals surface area contributed by atoms with Gasteiger partial charge in [0.25, 0.3) is 0 Å². The van der Waals surface area contributed by atoms with Crippen molar-refractivity contribution >= 4 is 11.7 Å². The lowest BCUT2D eigenvalue weighted by Gasteiger charge is -2.30. The van der Waals surface area contributed by atoms with E-state index in [-0.39, 0.29) is 24.2 Å². The van der Waals surface area contributed by atoms with E-state index in [1.165, 1.54) is 12.1 Å². The van der Waals surface area contributed by atoms with Gasteiger partial charge < -0.3 is 15.5 Å². The van der Waals surface area contributed by atoms with Gasteiger partial charge in [0.15, 0.2) is 0 Å². The van der Waals surface area contributed by atoms with Crippen molar-refractivity contribution in [3.8, 4) is 0 Å². The number of aromatic nitrogens is 2. The Morgan fingerprint density at radius 3 is 2.85 bits per heavy atom. The van der Waals surface area contributed by atoms with Crippen LogP contribution in [-0.4, -0.2) is 40.9 Å². The molecular formula is C20H24FN5O. The molecule has 6 nitrogen and oxygen atoms in total. The molecule has 2 aliphatic heterocycles. The number of nitrogens with zero attached hydrogens (tertiary/aromatic N) is 3. The maximum Gasteiger partial charge on any atom is 0.227 e. The normalized spacial score (nSPS) is 19.0. The smallest absolute Gasteiger partial charge is 0.227 e. The molecule has 27 heavy (non-hydrogen) atoms. The molecular weight excluding hydrogens is 345 g/mol. The Morgan fingerprint density at radius 2 is 2.15 bits per heavy atom. The van der Waals surface area contributed by atoms with Gasteiger partial charge in [0.05, 0.1) is 24.7 Å². The summed E-state index contributed by atoms with van der Waals surface area (Å²) in [6, 6.07) is 6.32. The van der Waals surface area contributed by atoms with Gasteiger partial charge >= 0.3 is 0 Å². The van der Waals surface area contributed by atoms with Gasteiger partial charge in [-0.15, -0.1) is 0 Å². The first-order valence-corrected chi connectivity index (χ1v) is 9.47. The minimum Gasteiger partial charge on any atom is -0.373 e. The third-order valence-corrected chi connectivity index (χ3v) is 5.31. The molecule has 142 valence electrons. The van der Waals surface area contributed by atoms with Gasteiger partial charge in [0.2, 0.25) is 5.91 Å². The fourth-order valence-electron chi connectivity index (χ4n) is 3.80. The molecule has 2 aromatic rings. The summed E-state index contributed by atoms with van der Waals surface area (Å²) in [7, 11) is 1.85. The molecule has 0 aliphatic carbocycles. The van der Waals surface area contributed by atoms with Crippen molar-refractivity contribution < 1.29 is 9.18 Å². The number of hydrogen-bond donors (Lipinski definition) is 2. The van der Waals surface area contributed by atoms with Crippen LogP contribution in [0.3, 0.4) is 0 Å². The number of halogens is 1. The Balaban J connectivity index is 1.51. The summed E-state index contributed by atoms with van der Waals surface area (Å²) in [5.41, 5.74) is 2.85. The molecule has 3 heterocycles. The molecule has 1 unspecified atom stereocenters. The topological polar surface area (TPSA) is 70.2 Å². The predicted molar refractivity (Wildman–Crippen MR) is 101 cm³/mol. The van der Waals surface area contributed by atoms with Crippen LogP contribution in [0.2, 0.25) is 0 Å². The quantitative estimate of drug-likeness (QED) is 0.865. The molecule has 1 amide bonds. The summed E-state index contributed by atoms with van der Waals surface area (Å²) < 4.78 is 13.1. The fourth-order valence-corrected chi connectivity index (χ4v) is 3.80. The standard InChI is InChI=1S/C20H24FN5O/c1-22-19-15-12-26(18(27)11-13-4-6-14(21)7-5-13)10-8-16(15)24-20(25-19)17-3-2-9-23-17/h4-7,17,23H,2-3,8-12H2,1H3,(H,22,24,25). The third-order valence-electron chi connectivity index (χ3n) is 5.31. The van der Waals surface area contributed by atoms with Gasteiger partial charge in [-0.3, -0.25) is 4.79 Å². The Bertz CT molecular complexity index is 816. The van der Waals surface area contributed by atoms with Crippen LogP contribution in [0.4, 0.5) is 10.2 Å². The van der Waals surface area contributed by atoms with Gasteiger partial charge in [-0.25, -0.2) is 14.4 Å². The highest BCUT2D eigenvalue weighted by atomic mass is 19.1. The summed E-state index contributed by atoms with van der Waals surface area (Å²) in [6.07, 6.45) is 3.20. The van der Waals surface area contributed by atoms with Crippen molar-refractivity contribution in [1.82, 2.24) is 20.2 Å². The highest BCUT2D eigenvalue weighted by molar-refractivity contribution is 5.79. The van der Waals surface area contributed by atoms with Crippen LogP contribution in [0.5, 0.6) is 0 Å². The molecule has 0 saturated carbocycles. The molecule has 1 fully saturated rings. The average molecular weight is 369 g/mol. The number of fused-ring (bicyclic) bond motifs is 1. The van der Waals surface area contributed by atoms with Gasteiger partial charge in [-0.05, 0) is 37.1 Å². The lowest BCUT2D eigenvalue weighted by molar-refractivity contribution is -0.131. The van der Waals surface area contributed by atoms with E-state index in [1.807, 2.05) is 11.9 Å². The van der Waals surface area contributed by atoms with Crippen LogP contribution in [0.25, 0.3) is 0 Å². The van der Waals surface area contributed by atoms with Crippen LogP contribution in [0, 0.1) is 5.82 Å². The van der Waals surface area contributed by atoms with Gasteiger partial charge in [-0.2, -0.15) is 0 Å². The maximum absolute atomic E-state index is 13.1. The van der Waals surface area contributed by atoms with Crippen molar-refractivity contribution in [3.05, 3.63) is 52.7 Å². The summed E-state index contributed by atoms with van der Waals surface area (Å²) in [4.78, 5) is 24.0. The van der Waals surface area contributed by atoms with E-state index in [4.69, 9.17) is 9.97 Å². The number of hydrogen-bond acceptors (Lipinski definition) is 5. The highest BCUT2D eigenvalue weighted by Crippen LogP contribution is 2.28. The molecule has 2 aliphatic rings. The highest BCUT2D eigenvalue weighted by Gasteiger charge is 2.27. The summed E-state index contributed by atoms with van der Waals surface area (Å²) >= 11 is 0. The lowest BCUT2D eigenvalue weighted by atomic mass is 10.0. The molecule has 7 heteroatoms. The monoisotopic (exact) mass is 369 g/mol. The Labute approximate surface area is 158 Å². The van der Waals surface area contributed by atoms with Crippen molar-refractivity contribution in [1.29, 1.82) is 0 Å². The number of carbonyl (C=O) groups excluding carboxylic acids is 1. The van der Waals surface area contributed by atoms with Crippen molar-refractivity contribution in [3.63, 3.8) is 0 Å². The average Bonchev–Trinajstić information content (AvgIpc) is 3.23. The van der Waals surface area contributed by atoms with E-state index in [9.17, 15) is 9.18 Å². The number of anilines is 1. The summed E-state index contributed by atoms with van der Waals surface area (Å²) in [6.45, 7) is 2.15. The molecule has 1 aromatic heterocycles. The SMILES string of the molecule is CNc1nc(C2CCCN2)nc2c1CN(C(=O)Cc1ccc(F)cc1)CC2. The van der Waals surface area contributed by atoms with Gasteiger partial charge in [-0.1, -0.05) is 12.1 Å². The van der Waals surface area contributed by atoms with Crippen molar-refractivity contribution in [2.45, 2.75) is 38.3 Å². The van der Waals surface area contributed by atoms with Crippen LogP contribution in [0.15, 0.2) is 24.3 Å². The van der Waals surface area contributed by atoms with Crippen LogP contribution in [0.1, 0.15) is 41.5 Å². The first-order valence-electron chi connectivity index (χ1n) is 9.47. The number of rotatable bonds is 4. The number of amides is 1. The Kier molecular flexibility index (Phi) is 5.03. The summed E-state index contributed by atoms with van der Waals surface area (Å²) in [5.74, 6) is 1.40. The van der Waals surface area contributed by atoms with Gasteiger partial charge in [0.1, 0.15) is 17.5 Å². The Morgan fingerprint density at radius 1 is 1.33 bits per heavy atom. The number of carbonyl (C=O) groups is 1. The zero-order valence-corrected chi connectivity index (χ0v) is 15.5. The van der Waals surface area contributed by atoms with Crippen molar-refractivity contribution in [2.24, 2.45) is 0 Å². The second-order valence-corrected chi connectivity index (χ2v) is 7.12. The van der Waals surface area contributed by atoms with E-state index in [0.717, 1.165) is 54.3 Å². The van der Waals surface area contributed by atoms with E-state index in [1.54, 1.807) is 12.1 Å². The lowest BCUT2D eigenvalue weighted by Crippen LogP contribution is -2.38. The first kappa shape index (κ1) is 17.9. The third kappa shape index (κ3) is 3.78. The van der Waals surface area contributed by atoms with Crippen LogP contribution < -0.4 is 10.6 Å². The molecule has 0 bridgehead atoms. The van der Waals surface area contributed by atoms with Crippen LogP contribution >= 0.6 is 0 Å². The summed E-state index contributed by atoms with van der Waals surface area (Å²) in [5, 5.41) is 6.62. The van der Waals surface area contributed by atoms with E-state index >= 15 is 0 Å². The zero-order valence-electron chi connectivity index (χ0n) is 15.5. The predicted octanol–water partition coefficient (Wildman–Crippen LogP) is 2.21. The Hall–Kier alpha value is -2.54. The molecule has 2 N–H and O–H groups in total. The zero-order chi connectivity index (χ0) is 18.8. The minimum absolute atomic E-state index is 0.0378. The maximum atomic E-state index is 13.1. The van der Waals surface area contributed by atoms with E-state index in [0.29, 0.717) is 13.1 Å². The number of nitrogens with one attached hydrogen (secondary N) is 2. The van der Waals surface area contributed by atoms with Crippen LogP contribution in [-0.2, 0) is 24.2 Å². The fraction of sp³-hybridized carbons (Fsp3) is 0.450. The second kappa shape index (κ2) is 7.60.